The summed E-state index contributed by atoms with van der Waals surface area (Å²) in [5, 5.41) is 55.9. The standard InChI is InChI=1S/C36H58O6/c1-31(2)15-16-35(21-38)24(18-31)23-17-25(39)30-32(3,33(23,4)19-28(35)41)13-11-26-34(5,29(42)20-37)27(40)12-14-36(26,30)22-9-7-6-8-10-22/h17,22,24,26-30,37-38,40-42H,6-16,18-21H2,1-5H3/t24-,26-,27+,28+,29-,30+,32-,33-,34+,35-,36-/m1/s1. The van der Waals surface area contributed by atoms with Gasteiger partial charge in [-0.1, -0.05) is 59.5 Å². The third-order valence-electron chi connectivity index (χ3n) is 15.5. The number of carbonyl (C=O) groups is 1. The summed E-state index contributed by atoms with van der Waals surface area (Å²) < 4.78 is 0. The Morgan fingerprint density at radius 1 is 0.857 bits per heavy atom. The molecule has 6 aliphatic carbocycles. The van der Waals surface area contributed by atoms with Gasteiger partial charge < -0.3 is 25.5 Å². The van der Waals surface area contributed by atoms with E-state index in [0.29, 0.717) is 18.8 Å². The molecule has 0 heterocycles. The van der Waals surface area contributed by atoms with Gasteiger partial charge in [-0.15, -0.1) is 0 Å². The lowest BCUT2D eigenvalue weighted by molar-refractivity contribution is -0.258. The van der Waals surface area contributed by atoms with Crippen molar-refractivity contribution in [2.75, 3.05) is 13.2 Å². The molecule has 0 saturated heterocycles. The van der Waals surface area contributed by atoms with Gasteiger partial charge in [-0.05, 0) is 110 Å². The molecular weight excluding hydrogens is 528 g/mol. The maximum atomic E-state index is 15.0. The van der Waals surface area contributed by atoms with Gasteiger partial charge in [0.15, 0.2) is 5.78 Å². The van der Waals surface area contributed by atoms with E-state index in [-0.39, 0.29) is 46.4 Å². The summed E-state index contributed by atoms with van der Waals surface area (Å²) in [5.74, 6) is 0.172. The Bertz CT molecular complexity index is 1100. The molecule has 0 unspecified atom stereocenters. The Morgan fingerprint density at radius 2 is 1.55 bits per heavy atom. The van der Waals surface area contributed by atoms with E-state index in [1.54, 1.807) is 0 Å². The predicted octanol–water partition coefficient (Wildman–Crippen LogP) is 5.18. The molecule has 42 heavy (non-hydrogen) atoms. The number of fused-ring (bicyclic) bond motifs is 7. The Balaban J connectivity index is 1.55. The number of allylic oxidation sites excluding steroid dienone is 2. The Morgan fingerprint density at radius 3 is 2.19 bits per heavy atom. The minimum Gasteiger partial charge on any atom is -0.396 e. The summed E-state index contributed by atoms with van der Waals surface area (Å²) in [6.07, 6.45) is 11.2. The van der Waals surface area contributed by atoms with Gasteiger partial charge in [0, 0.05) is 16.7 Å². The molecule has 6 rings (SSSR count). The van der Waals surface area contributed by atoms with Crippen molar-refractivity contribution in [2.45, 2.75) is 136 Å². The SMILES string of the molecule is CC1(C)CC[C@@]2(CO)[C@H](C1)C1=CC(=O)[C@@H]3[C@@]4(C5CCCCC5)CC[C@H](O)[C@@](C)([C@H](O)CO)[C@H]4CC[C@@]3(C)[C@]1(C)C[C@@H]2O. The second-order valence-electron chi connectivity index (χ2n) is 17.4. The zero-order valence-electron chi connectivity index (χ0n) is 26.9. The van der Waals surface area contributed by atoms with Gasteiger partial charge in [-0.25, -0.2) is 0 Å². The largest absolute Gasteiger partial charge is 0.396 e. The Labute approximate surface area is 253 Å². The van der Waals surface area contributed by atoms with Gasteiger partial charge in [-0.2, -0.15) is 0 Å². The number of hydrogen-bond donors (Lipinski definition) is 5. The monoisotopic (exact) mass is 586 g/mol. The smallest absolute Gasteiger partial charge is 0.159 e. The van der Waals surface area contributed by atoms with Crippen molar-refractivity contribution in [1.82, 2.24) is 0 Å². The van der Waals surface area contributed by atoms with Crippen molar-refractivity contribution in [2.24, 2.45) is 56.2 Å². The van der Waals surface area contributed by atoms with Crippen molar-refractivity contribution in [3.8, 4) is 0 Å². The first-order valence-electron chi connectivity index (χ1n) is 17.2. The van der Waals surface area contributed by atoms with Gasteiger partial charge in [0.25, 0.3) is 0 Å². The van der Waals surface area contributed by atoms with Crippen LogP contribution in [-0.4, -0.2) is 62.8 Å². The summed E-state index contributed by atoms with van der Waals surface area (Å²) in [6, 6.07) is 0. The minimum absolute atomic E-state index is 0.0280. The maximum absolute atomic E-state index is 15.0. The Kier molecular flexibility index (Phi) is 7.51. The molecule has 0 radical (unpaired) electrons. The van der Waals surface area contributed by atoms with Crippen molar-refractivity contribution in [1.29, 1.82) is 0 Å². The van der Waals surface area contributed by atoms with E-state index < -0.39 is 41.2 Å². The molecule has 0 aromatic heterocycles. The van der Waals surface area contributed by atoms with E-state index in [1.165, 1.54) is 12.0 Å². The molecule has 0 amide bonds. The number of aliphatic hydroxyl groups excluding tert-OH is 5. The van der Waals surface area contributed by atoms with Crippen LogP contribution in [0.5, 0.6) is 0 Å². The molecule has 6 nitrogen and oxygen atoms in total. The maximum Gasteiger partial charge on any atom is 0.159 e. The average Bonchev–Trinajstić information content (AvgIpc) is 2.96. The van der Waals surface area contributed by atoms with Crippen LogP contribution < -0.4 is 0 Å². The molecule has 0 aromatic carbocycles. The number of ketones is 1. The van der Waals surface area contributed by atoms with Crippen LogP contribution in [0.25, 0.3) is 0 Å². The Hall–Kier alpha value is -0.790. The van der Waals surface area contributed by atoms with Gasteiger partial charge in [0.1, 0.15) is 0 Å². The molecule has 11 atom stereocenters. The molecule has 5 fully saturated rings. The second kappa shape index (κ2) is 10.1. The first kappa shape index (κ1) is 31.2. The quantitative estimate of drug-likeness (QED) is 0.310. The molecule has 5 saturated carbocycles. The van der Waals surface area contributed by atoms with Crippen molar-refractivity contribution >= 4 is 5.78 Å². The van der Waals surface area contributed by atoms with Crippen molar-refractivity contribution in [3.05, 3.63) is 11.6 Å². The van der Waals surface area contributed by atoms with E-state index in [0.717, 1.165) is 64.2 Å². The first-order chi connectivity index (χ1) is 19.7. The van der Waals surface area contributed by atoms with Gasteiger partial charge in [-0.3, -0.25) is 4.79 Å². The van der Waals surface area contributed by atoms with Gasteiger partial charge in [0.05, 0.1) is 31.5 Å². The molecule has 6 heteroatoms. The number of hydrogen-bond acceptors (Lipinski definition) is 6. The lowest BCUT2D eigenvalue weighted by Gasteiger charge is -2.73. The minimum atomic E-state index is -1.04. The predicted molar refractivity (Wildman–Crippen MR) is 162 cm³/mol. The van der Waals surface area contributed by atoms with E-state index in [4.69, 9.17) is 0 Å². The van der Waals surface area contributed by atoms with Crippen LogP contribution in [0, 0.1) is 56.2 Å². The summed E-state index contributed by atoms with van der Waals surface area (Å²) in [6.45, 7) is 10.7. The summed E-state index contributed by atoms with van der Waals surface area (Å²) in [5.41, 5.74) is -1.39. The fraction of sp³-hybridized carbons (Fsp3) is 0.917. The first-order valence-corrected chi connectivity index (χ1v) is 17.2. The molecule has 0 bridgehead atoms. The fourth-order valence-corrected chi connectivity index (χ4v) is 12.8. The van der Waals surface area contributed by atoms with E-state index in [9.17, 15) is 30.3 Å². The molecule has 0 aromatic rings. The van der Waals surface area contributed by atoms with Crippen LogP contribution >= 0.6 is 0 Å². The lowest BCUT2D eigenvalue weighted by Crippen LogP contribution is -2.72. The zero-order valence-corrected chi connectivity index (χ0v) is 26.9. The van der Waals surface area contributed by atoms with Gasteiger partial charge in [0.2, 0.25) is 0 Å². The van der Waals surface area contributed by atoms with Crippen molar-refractivity contribution in [3.63, 3.8) is 0 Å². The number of aliphatic hydroxyl groups is 5. The molecule has 6 aliphatic rings. The highest BCUT2D eigenvalue weighted by atomic mass is 16.3. The fourth-order valence-electron chi connectivity index (χ4n) is 12.8. The molecular formula is C36H58O6. The normalized spacial score (nSPS) is 51.4. The van der Waals surface area contributed by atoms with E-state index in [2.05, 4.69) is 27.7 Å². The third kappa shape index (κ3) is 3.83. The zero-order chi connectivity index (χ0) is 30.5. The molecule has 238 valence electrons. The van der Waals surface area contributed by atoms with E-state index >= 15 is 0 Å². The van der Waals surface area contributed by atoms with Crippen LogP contribution in [0.1, 0.15) is 118 Å². The molecule has 0 aliphatic heterocycles. The number of carbonyl (C=O) groups excluding carboxylic acids is 1. The number of rotatable bonds is 4. The van der Waals surface area contributed by atoms with E-state index in [1.807, 2.05) is 13.0 Å². The lowest BCUT2D eigenvalue weighted by atomic mass is 9.30. The van der Waals surface area contributed by atoms with Crippen LogP contribution in [-0.2, 0) is 4.79 Å². The second-order valence-corrected chi connectivity index (χ2v) is 17.4. The van der Waals surface area contributed by atoms with Crippen LogP contribution in [0.2, 0.25) is 0 Å². The highest BCUT2D eigenvalue weighted by Gasteiger charge is 2.74. The average molecular weight is 587 g/mol. The van der Waals surface area contributed by atoms with Crippen LogP contribution in [0.15, 0.2) is 11.6 Å². The third-order valence-corrected chi connectivity index (χ3v) is 15.5. The summed E-state index contributed by atoms with van der Waals surface area (Å²) >= 11 is 0. The van der Waals surface area contributed by atoms with Gasteiger partial charge >= 0.3 is 0 Å². The molecule has 0 spiro atoms. The van der Waals surface area contributed by atoms with Crippen molar-refractivity contribution < 1.29 is 30.3 Å². The van der Waals surface area contributed by atoms with Crippen LogP contribution in [0.3, 0.4) is 0 Å². The van der Waals surface area contributed by atoms with Crippen LogP contribution in [0.4, 0.5) is 0 Å². The highest BCUT2D eigenvalue weighted by Crippen LogP contribution is 2.77. The summed E-state index contributed by atoms with van der Waals surface area (Å²) in [4.78, 5) is 15.0. The topological polar surface area (TPSA) is 118 Å². The molecule has 5 N–H and O–H groups in total. The highest BCUT2D eigenvalue weighted by molar-refractivity contribution is 5.96. The summed E-state index contributed by atoms with van der Waals surface area (Å²) in [7, 11) is 0.